The van der Waals surface area contributed by atoms with Crippen LogP contribution in [0.2, 0.25) is 0 Å². The molecular formula is C24H20ClN5O6S3. The van der Waals surface area contributed by atoms with Crippen molar-refractivity contribution in [3.63, 3.8) is 0 Å². The topological polar surface area (TPSA) is 195 Å². The number of fused-ring (bicyclic) bond motifs is 1. The Bertz CT molecular complexity index is 1850. The summed E-state index contributed by atoms with van der Waals surface area (Å²) in [6, 6.07) is 15.0. The van der Waals surface area contributed by atoms with Crippen molar-refractivity contribution >= 4 is 75.3 Å². The normalized spacial score (nSPS) is 12.2. The maximum atomic E-state index is 12.1. The molecule has 0 saturated carbocycles. The van der Waals surface area contributed by atoms with E-state index in [1.807, 2.05) is 12.1 Å². The summed E-state index contributed by atoms with van der Waals surface area (Å²) < 4.78 is 67.4. The molecule has 0 atom stereocenters. The smallest absolute Gasteiger partial charge is 0.295 e. The Balaban J connectivity index is 1.83. The number of alkyl halides is 1. The molecule has 0 bridgehead atoms. The highest BCUT2D eigenvalue weighted by Gasteiger charge is 2.22. The summed E-state index contributed by atoms with van der Waals surface area (Å²) in [5.74, 6) is 0.527. The molecule has 4 rings (SSSR count). The summed E-state index contributed by atoms with van der Waals surface area (Å²) in [4.78, 5) is -1.20. The molecule has 0 aliphatic heterocycles. The number of rotatable bonds is 9. The standard InChI is InChI=1S/C24H20ClN5O6S3/c25-9-2-10-28-15-7-5-14(6-8-15)22-19(13-26)23(27)37-24(22)30-29-16-11-18-17(21(12-16)39(34,35)36)3-1-4-20(18)38(31,32)33/h1,3-8,11-12,28H,2,9-10,27H2,(H,31,32,33)(H,34,35,36)/b30-29+. The summed E-state index contributed by atoms with van der Waals surface area (Å²) in [5.41, 5.74) is 7.98. The monoisotopic (exact) mass is 605 g/mol. The number of nitrogens with two attached hydrogens (primary N) is 1. The summed E-state index contributed by atoms with van der Waals surface area (Å²) in [6.45, 7) is 0.688. The largest absolute Gasteiger partial charge is 0.389 e. The Morgan fingerprint density at radius 3 is 2.28 bits per heavy atom. The summed E-state index contributed by atoms with van der Waals surface area (Å²) in [7, 11) is -9.57. The van der Waals surface area contributed by atoms with Gasteiger partial charge in [-0.1, -0.05) is 35.6 Å². The van der Waals surface area contributed by atoms with Crippen LogP contribution in [-0.2, 0) is 20.2 Å². The maximum Gasteiger partial charge on any atom is 0.295 e. The van der Waals surface area contributed by atoms with Crippen molar-refractivity contribution in [1.29, 1.82) is 5.26 Å². The molecule has 0 unspecified atom stereocenters. The third-order valence-electron chi connectivity index (χ3n) is 5.56. The highest BCUT2D eigenvalue weighted by molar-refractivity contribution is 7.86. The molecule has 39 heavy (non-hydrogen) atoms. The number of azo groups is 1. The Kier molecular flexibility index (Phi) is 8.21. The van der Waals surface area contributed by atoms with Crippen molar-refractivity contribution in [3.05, 3.63) is 60.2 Å². The van der Waals surface area contributed by atoms with Crippen molar-refractivity contribution in [2.24, 2.45) is 10.2 Å². The van der Waals surface area contributed by atoms with E-state index in [9.17, 15) is 31.2 Å². The van der Waals surface area contributed by atoms with Crippen LogP contribution < -0.4 is 11.1 Å². The Morgan fingerprint density at radius 1 is 0.974 bits per heavy atom. The van der Waals surface area contributed by atoms with E-state index in [0.717, 1.165) is 35.6 Å². The first-order valence-electron chi connectivity index (χ1n) is 11.1. The summed E-state index contributed by atoms with van der Waals surface area (Å²) in [5, 5.41) is 21.3. The van der Waals surface area contributed by atoms with Gasteiger partial charge in [-0.3, -0.25) is 9.11 Å². The lowest BCUT2D eigenvalue weighted by Crippen LogP contribution is -2.03. The van der Waals surface area contributed by atoms with Gasteiger partial charge in [0.25, 0.3) is 20.2 Å². The first-order valence-corrected chi connectivity index (χ1v) is 15.3. The van der Waals surface area contributed by atoms with Crippen LogP contribution in [-0.4, -0.2) is 38.4 Å². The van der Waals surface area contributed by atoms with E-state index in [-0.39, 0.29) is 32.0 Å². The van der Waals surface area contributed by atoms with E-state index in [1.165, 1.54) is 18.2 Å². The molecule has 1 heterocycles. The summed E-state index contributed by atoms with van der Waals surface area (Å²) in [6.07, 6.45) is 0.785. The fourth-order valence-corrected chi connectivity index (χ4v) is 6.27. The van der Waals surface area contributed by atoms with E-state index in [2.05, 4.69) is 21.6 Å². The lowest BCUT2D eigenvalue weighted by Gasteiger charge is -2.09. The third-order valence-corrected chi connectivity index (χ3v) is 8.53. The predicted molar refractivity (Wildman–Crippen MR) is 150 cm³/mol. The number of nitriles is 1. The van der Waals surface area contributed by atoms with Crippen LogP contribution in [0.25, 0.3) is 21.9 Å². The van der Waals surface area contributed by atoms with Gasteiger partial charge >= 0.3 is 0 Å². The molecule has 4 aromatic rings. The van der Waals surface area contributed by atoms with Gasteiger partial charge in [0.2, 0.25) is 0 Å². The molecule has 0 amide bonds. The second kappa shape index (κ2) is 11.3. The highest BCUT2D eigenvalue weighted by Crippen LogP contribution is 2.45. The molecule has 0 fully saturated rings. The quantitative estimate of drug-likeness (QED) is 0.0768. The Morgan fingerprint density at radius 2 is 1.67 bits per heavy atom. The minimum atomic E-state index is -4.82. The zero-order valence-electron chi connectivity index (χ0n) is 19.9. The molecule has 11 nitrogen and oxygen atoms in total. The van der Waals surface area contributed by atoms with Gasteiger partial charge in [0.1, 0.15) is 25.9 Å². The van der Waals surface area contributed by atoms with Crippen LogP contribution in [0.3, 0.4) is 0 Å². The molecular weight excluding hydrogens is 586 g/mol. The van der Waals surface area contributed by atoms with Gasteiger partial charge in [0, 0.05) is 34.4 Å². The van der Waals surface area contributed by atoms with Gasteiger partial charge in [0.15, 0.2) is 0 Å². The van der Waals surface area contributed by atoms with Crippen LogP contribution in [0.4, 0.5) is 21.4 Å². The van der Waals surface area contributed by atoms with Crippen LogP contribution in [0.15, 0.2) is 74.6 Å². The number of nitrogen functional groups attached to an aromatic ring is 1. The average Bonchev–Trinajstić information content (AvgIpc) is 3.21. The molecule has 0 saturated heterocycles. The maximum absolute atomic E-state index is 12.1. The third kappa shape index (κ3) is 6.19. The van der Waals surface area contributed by atoms with E-state index < -0.39 is 30.0 Å². The van der Waals surface area contributed by atoms with Crippen molar-refractivity contribution < 1.29 is 25.9 Å². The molecule has 1 aromatic heterocycles. The minimum absolute atomic E-state index is 0.138. The lowest BCUT2D eigenvalue weighted by atomic mass is 10.0. The number of thiophene rings is 1. The predicted octanol–water partition coefficient (Wildman–Crippen LogP) is 5.97. The van der Waals surface area contributed by atoms with Crippen LogP contribution in [0, 0.1) is 11.3 Å². The van der Waals surface area contributed by atoms with E-state index in [1.54, 1.807) is 12.1 Å². The van der Waals surface area contributed by atoms with Gasteiger partial charge in [0.05, 0.1) is 11.3 Å². The number of hydrogen-bond donors (Lipinski definition) is 4. The zero-order chi connectivity index (χ0) is 28.4. The summed E-state index contributed by atoms with van der Waals surface area (Å²) >= 11 is 6.69. The molecule has 0 spiro atoms. The number of anilines is 2. The van der Waals surface area contributed by atoms with Gasteiger partial charge < -0.3 is 11.1 Å². The van der Waals surface area contributed by atoms with Crippen molar-refractivity contribution in [2.45, 2.75) is 16.2 Å². The van der Waals surface area contributed by atoms with Crippen LogP contribution in [0.5, 0.6) is 0 Å². The molecule has 3 aromatic carbocycles. The molecule has 5 N–H and O–H groups in total. The van der Waals surface area contributed by atoms with Crippen LogP contribution in [0.1, 0.15) is 12.0 Å². The first-order chi connectivity index (χ1) is 18.4. The van der Waals surface area contributed by atoms with Gasteiger partial charge in [-0.15, -0.1) is 21.8 Å². The van der Waals surface area contributed by atoms with Crippen molar-refractivity contribution in [2.75, 3.05) is 23.5 Å². The zero-order valence-corrected chi connectivity index (χ0v) is 23.1. The average molecular weight is 606 g/mol. The number of nitrogens with one attached hydrogen (secondary N) is 1. The van der Waals surface area contributed by atoms with E-state index in [4.69, 9.17) is 17.3 Å². The van der Waals surface area contributed by atoms with Gasteiger partial charge in [-0.05, 0) is 42.3 Å². The minimum Gasteiger partial charge on any atom is -0.389 e. The van der Waals surface area contributed by atoms with Gasteiger partial charge in [-0.25, -0.2) is 0 Å². The first kappa shape index (κ1) is 28.4. The second-order valence-corrected chi connectivity index (χ2v) is 12.3. The van der Waals surface area contributed by atoms with Crippen molar-refractivity contribution in [1.82, 2.24) is 0 Å². The molecule has 0 radical (unpaired) electrons. The van der Waals surface area contributed by atoms with E-state index in [0.29, 0.717) is 23.6 Å². The van der Waals surface area contributed by atoms with Crippen LogP contribution >= 0.6 is 22.9 Å². The Hall–Kier alpha value is -3.58. The molecule has 202 valence electrons. The van der Waals surface area contributed by atoms with E-state index >= 15 is 0 Å². The lowest BCUT2D eigenvalue weighted by molar-refractivity contribution is 0.481. The second-order valence-electron chi connectivity index (χ2n) is 8.13. The van der Waals surface area contributed by atoms with Crippen molar-refractivity contribution in [3.8, 4) is 17.2 Å². The number of hydrogen-bond acceptors (Lipinski definition) is 10. The SMILES string of the molecule is N#Cc1c(N)sc(/N=N/c2cc(S(=O)(=O)O)c3cccc(S(=O)(=O)O)c3c2)c1-c1ccc(NCCCCl)cc1. The molecule has 15 heteroatoms. The number of benzene rings is 3. The fraction of sp³-hybridized carbons (Fsp3) is 0.125. The number of halogens is 1. The number of nitrogens with zero attached hydrogens (tertiary/aromatic N) is 3. The Labute approximate surface area is 233 Å². The molecule has 0 aliphatic carbocycles. The van der Waals surface area contributed by atoms with Gasteiger partial charge in [-0.2, -0.15) is 22.1 Å². The fourth-order valence-electron chi connectivity index (χ4n) is 3.85. The highest BCUT2D eigenvalue weighted by atomic mass is 35.5. The molecule has 0 aliphatic rings.